The first-order valence-corrected chi connectivity index (χ1v) is 9.52. The molecule has 0 radical (unpaired) electrons. The average molecular weight is 334 g/mol. The van der Waals surface area contributed by atoms with Crippen LogP contribution in [0.3, 0.4) is 0 Å². The minimum atomic E-state index is -3.39. The molecule has 0 spiro atoms. The Morgan fingerprint density at radius 2 is 2.00 bits per heavy atom. The second-order valence-corrected chi connectivity index (χ2v) is 11.2. The van der Waals surface area contributed by atoms with Crippen LogP contribution in [0.2, 0.25) is 4.34 Å². The number of halogens is 1. The Morgan fingerprint density at radius 3 is 2.60 bits per heavy atom. The lowest BCUT2D eigenvalue weighted by Crippen LogP contribution is -2.37. The van der Waals surface area contributed by atoms with Gasteiger partial charge in [-0.2, -0.15) is 4.31 Å². The van der Waals surface area contributed by atoms with Crippen LogP contribution in [-0.2, 0) is 10.0 Å². The molecule has 2 fully saturated rings. The predicted octanol–water partition coefficient (Wildman–Crippen LogP) is 3.99. The van der Waals surface area contributed by atoms with E-state index in [1.165, 1.54) is 0 Å². The minimum absolute atomic E-state index is 0.112. The second-order valence-electron chi connectivity index (χ2n) is 7.32. The third-order valence-corrected chi connectivity index (χ3v) is 8.08. The molecule has 1 aromatic heterocycles. The van der Waals surface area contributed by atoms with E-state index in [0.29, 0.717) is 15.1 Å². The van der Waals surface area contributed by atoms with E-state index in [4.69, 9.17) is 11.6 Å². The summed E-state index contributed by atoms with van der Waals surface area (Å²) in [7, 11) is -3.39. The zero-order chi connectivity index (χ0) is 14.8. The van der Waals surface area contributed by atoms with Crippen molar-refractivity contribution in [2.75, 3.05) is 6.54 Å². The highest BCUT2D eigenvalue weighted by atomic mass is 35.5. The van der Waals surface area contributed by atoms with Crippen LogP contribution in [0.25, 0.3) is 0 Å². The standard InChI is InChI=1S/C14H20ClNO2S2/c1-13(2)6-10-7-14(3,8-13)9-16(10)20(17,18)12-5-4-11(15)19-12/h4-5,10H,6-9H2,1-3H3. The smallest absolute Gasteiger partial charge is 0.206 e. The molecule has 2 bridgehead atoms. The van der Waals surface area contributed by atoms with Crippen molar-refractivity contribution in [2.24, 2.45) is 10.8 Å². The van der Waals surface area contributed by atoms with Gasteiger partial charge in [-0.15, -0.1) is 11.3 Å². The van der Waals surface area contributed by atoms with Gasteiger partial charge in [-0.05, 0) is 42.2 Å². The van der Waals surface area contributed by atoms with Gasteiger partial charge in [0.05, 0.1) is 4.34 Å². The molecule has 1 aliphatic heterocycles. The highest BCUT2D eigenvalue weighted by Crippen LogP contribution is 2.53. The van der Waals surface area contributed by atoms with Crippen LogP contribution in [0, 0.1) is 10.8 Å². The SMILES string of the molecule is CC1(C)CC2CC(C)(CN2S(=O)(=O)c2ccc(Cl)s2)C1. The van der Waals surface area contributed by atoms with E-state index in [9.17, 15) is 8.42 Å². The fraction of sp³-hybridized carbons (Fsp3) is 0.714. The maximum absolute atomic E-state index is 12.8. The molecule has 1 aliphatic carbocycles. The normalized spacial score (nSPS) is 33.5. The summed E-state index contributed by atoms with van der Waals surface area (Å²) in [6.45, 7) is 7.35. The van der Waals surface area contributed by atoms with Crippen molar-refractivity contribution in [2.45, 2.75) is 50.3 Å². The summed E-state index contributed by atoms with van der Waals surface area (Å²) in [4.78, 5) is 0. The van der Waals surface area contributed by atoms with Crippen LogP contribution in [0.5, 0.6) is 0 Å². The molecule has 0 amide bonds. The number of rotatable bonds is 2. The van der Waals surface area contributed by atoms with Gasteiger partial charge in [-0.3, -0.25) is 0 Å². The van der Waals surface area contributed by atoms with E-state index < -0.39 is 10.0 Å². The zero-order valence-corrected chi connectivity index (χ0v) is 14.4. The Bertz CT molecular complexity index is 637. The molecule has 6 heteroatoms. The van der Waals surface area contributed by atoms with E-state index in [0.717, 1.165) is 30.6 Å². The van der Waals surface area contributed by atoms with Crippen LogP contribution in [0.15, 0.2) is 16.3 Å². The highest BCUT2D eigenvalue weighted by Gasteiger charge is 2.53. The third-order valence-electron chi connectivity index (χ3n) is 4.48. The molecule has 2 atom stereocenters. The highest BCUT2D eigenvalue weighted by molar-refractivity contribution is 7.91. The van der Waals surface area contributed by atoms with Gasteiger partial charge in [0.25, 0.3) is 10.0 Å². The lowest BCUT2D eigenvalue weighted by molar-refractivity contribution is 0.133. The topological polar surface area (TPSA) is 37.4 Å². The Morgan fingerprint density at radius 1 is 1.30 bits per heavy atom. The van der Waals surface area contributed by atoms with Crippen molar-refractivity contribution >= 4 is 33.0 Å². The maximum Gasteiger partial charge on any atom is 0.252 e. The second kappa shape index (κ2) is 4.45. The van der Waals surface area contributed by atoms with Crippen molar-refractivity contribution in [1.82, 2.24) is 4.31 Å². The van der Waals surface area contributed by atoms with Crippen molar-refractivity contribution in [3.63, 3.8) is 0 Å². The molecular weight excluding hydrogens is 314 g/mol. The molecule has 0 N–H and O–H groups in total. The van der Waals surface area contributed by atoms with E-state index in [1.807, 2.05) is 0 Å². The number of fused-ring (bicyclic) bond motifs is 2. The van der Waals surface area contributed by atoms with Crippen molar-refractivity contribution < 1.29 is 8.42 Å². The molecule has 3 nitrogen and oxygen atoms in total. The van der Waals surface area contributed by atoms with Crippen molar-refractivity contribution in [3.8, 4) is 0 Å². The Balaban J connectivity index is 1.96. The first-order valence-electron chi connectivity index (χ1n) is 6.89. The third kappa shape index (κ3) is 2.43. The fourth-order valence-corrected chi connectivity index (χ4v) is 7.63. The summed E-state index contributed by atoms with van der Waals surface area (Å²) in [5.41, 5.74) is 0.329. The van der Waals surface area contributed by atoms with E-state index in [1.54, 1.807) is 16.4 Å². The fourth-order valence-electron chi connectivity index (χ4n) is 4.24. The van der Waals surface area contributed by atoms with Crippen LogP contribution < -0.4 is 0 Å². The molecule has 2 unspecified atom stereocenters. The van der Waals surface area contributed by atoms with Crippen LogP contribution >= 0.6 is 22.9 Å². The molecule has 0 aromatic carbocycles. The molecule has 1 saturated carbocycles. The number of hydrogen-bond acceptors (Lipinski definition) is 3. The van der Waals surface area contributed by atoms with Gasteiger partial charge in [0, 0.05) is 12.6 Å². The largest absolute Gasteiger partial charge is 0.252 e. The van der Waals surface area contributed by atoms with Gasteiger partial charge in [-0.1, -0.05) is 32.4 Å². The Kier molecular flexibility index (Phi) is 3.30. The zero-order valence-electron chi connectivity index (χ0n) is 12.0. The van der Waals surface area contributed by atoms with Gasteiger partial charge in [0.2, 0.25) is 0 Å². The van der Waals surface area contributed by atoms with Gasteiger partial charge < -0.3 is 0 Å². The first kappa shape index (κ1) is 14.8. The van der Waals surface area contributed by atoms with E-state index in [-0.39, 0.29) is 16.9 Å². The molecular formula is C14H20ClNO2S2. The summed E-state index contributed by atoms with van der Waals surface area (Å²) >= 11 is 7.04. The summed E-state index contributed by atoms with van der Waals surface area (Å²) in [6.07, 6.45) is 3.02. The number of nitrogens with zero attached hydrogens (tertiary/aromatic N) is 1. The van der Waals surface area contributed by atoms with E-state index >= 15 is 0 Å². The van der Waals surface area contributed by atoms with Gasteiger partial charge >= 0.3 is 0 Å². The molecule has 1 saturated heterocycles. The van der Waals surface area contributed by atoms with Crippen molar-refractivity contribution in [3.05, 3.63) is 16.5 Å². The lowest BCUT2D eigenvalue weighted by Gasteiger charge is -2.39. The summed E-state index contributed by atoms with van der Waals surface area (Å²) < 4.78 is 28.3. The van der Waals surface area contributed by atoms with Gasteiger partial charge in [0.15, 0.2) is 0 Å². The van der Waals surface area contributed by atoms with Gasteiger partial charge in [-0.25, -0.2) is 8.42 Å². The van der Waals surface area contributed by atoms with Crippen LogP contribution in [-0.4, -0.2) is 25.3 Å². The molecule has 20 heavy (non-hydrogen) atoms. The maximum atomic E-state index is 12.8. The van der Waals surface area contributed by atoms with Crippen molar-refractivity contribution in [1.29, 1.82) is 0 Å². The lowest BCUT2D eigenvalue weighted by atomic mass is 9.65. The average Bonchev–Trinajstić information content (AvgIpc) is 2.79. The van der Waals surface area contributed by atoms with E-state index in [2.05, 4.69) is 20.8 Å². The van der Waals surface area contributed by atoms with Crippen LogP contribution in [0.4, 0.5) is 0 Å². The Labute approximate surface area is 130 Å². The first-order chi connectivity index (χ1) is 9.11. The minimum Gasteiger partial charge on any atom is -0.206 e. The summed E-state index contributed by atoms with van der Waals surface area (Å²) in [5.74, 6) is 0. The quantitative estimate of drug-likeness (QED) is 0.820. The summed E-state index contributed by atoms with van der Waals surface area (Å²) in [5, 5.41) is 0. The Hall–Kier alpha value is -0.100. The molecule has 3 rings (SSSR count). The van der Waals surface area contributed by atoms with Gasteiger partial charge in [0.1, 0.15) is 4.21 Å². The monoisotopic (exact) mass is 333 g/mol. The van der Waals surface area contributed by atoms with Crippen LogP contribution in [0.1, 0.15) is 40.0 Å². The number of thiophene rings is 1. The molecule has 2 aliphatic rings. The number of sulfonamides is 1. The molecule has 1 aromatic rings. The molecule has 2 heterocycles. The predicted molar refractivity (Wildman–Crippen MR) is 82.7 cm³/mol. The summed E-state index contributed by atoms with van der Waals surface area (Å²) in [6, 6.07) is 3.42. The number of hydrogen-bond donors (Lipinski definition) is 0. The molecule has 112 valence electrons.